The van der Waals surface area contributed by atoms with Crippen molar-refractivity contribution in [3.63, 3.8) is 0 Å². The molecule has 0 bridgehead atoms. The molecule has 0 atom stereocenters. The summed E-state index contributed by atoms with van der Waals surface area (Å²) in [4.78, 5) is 27.9. The minimum atomic E-state index is -0.539. The Balaban J connectivity index is 1.52. The Morgan fingerprint density at radius 2 is 1.76 bits per heavy atom. The van der Waals surface area contributed by atoms with Gasteiger partial charge in [0.2, 0.25) is 11.8 Å². The van der Waals surface area contributed by atoms with Gasteiger partial charge < -0.3 is 14.8 Å². The molecule has 0 unspecified atom stereocenters. The monoisotopic (exact) mass is 646 g/mol. The second-order valence-electron chi connectivity index (χ2n) is 7.33. The summed E-state index contributed by atoms with van der Waals surface area (Å²) in [6.45, 7) is 1.84. The van der Waals surface area contributed by atoms with Crippen LogP contribution in [0.3, 0.4) is 0 Å². The second-order valence-corrected chi connectivity index (χ2v) is 9.95. The lowest BCUT2D eigenvalue weighted by molar-refractivity contribution is -0.129. The Kier molecular flexibility index (Phi) is 7.65. The zero-order chi connectivity index (χ0) is 24.2. The standard InChI is InChI=1S/C25H17Br3N2O4/c1-14(31)29-19-7-5-17(6-8-19)24-30-22(25(32)34-24)12-16-10-20(27)23(21(28)11-16)33-13-15-3-2-4-18(26)9-15/h2-12H,13H2,1H3,(H,29,31)/b22-12-. The molecule has 4 rings (SSSR count). The zero-order valence-corrected chi connectivity index (χ0v) is 22.5. The Bertz CT molecular complexity index is 1310. The number of nitrogens with zero attached hydrogens (tertiary/aromatic N) is 1. The quantitative estimate of drug-likeness (QED) is 0.234. The van der Waals surface area contributed by atoms with Crippen molar-refractivity contribution in [2.45, 2.75) is 13.5 Å². The molecule has 6 nitrogen and oxygen atoms in total. The SMILES string of the molecule is CC(=O)Nc1ccc(C2=N/C(=C\c3cc(Br)c(OCc4cccc(Br)c4)c(Br)c3)C(=O)O2)cc1. The summed E-state index contributed by atoms with van der Waals surface area (Å²) < 4.78 is 13.8. The van der Waals surface area contributed by atoms with Gasteiger partial charge in [-0.3, -0.25) is 4.79 Å². The fraction of sp³-hybridized carbons (Fsp3) is 0.0800. The fourth-order valence-electron chi connectivity index (χ4n) is 3.17. The normalized spacial score (nSPS) is 14.1. The Morgan fingerprint density at radius 1 is 1.06 bits per heavy atom. The summed E-state index contributed by atoms with van der Waals surface area (Å²) in [6, 6.07) is 18.5. The molecule has 1 aliphatic heterocycles. The molecule has 0 saturated heterocycles. The number of esters is 1. The van der Waals surface area contributed by atoms with Crippen molar-refractivity contribution >= 4 is 77.3 Å². The van der Waals surface area contributed by atoms with Crippen molar-refractivity contribution in [2.75, 3.05) is 5.32 Å². The summed E-state index contributed by atoms with van der Waals surface area (Å²) in [5.41, 5.74) is 3.23. The van der Waals surface area contributed by atoms with Crippen LogP contribution in [0.5, 0.6) is 5.75 Å². The van der Waals surface area contributed by atoms with Crippen molar-refractivity contribution in [2.24, 2.45) is 4.99 Å². The van der Waals surface area contributed by atoms with Crippen molar-refractivity contribution < 1.29 is 19.1 Å². The molecule has 1 heterocycles. The van der Waals surface area contributed by atoms with E-state index in [2.05, 4.69) is 58.1 Å². The van der Waals surface area contributed by atoms with Crippen LogP contribution >= 0.6 is 47.8 Å². The number of anilines is 1. The smallest absolute Gasteiger partial charge is 0.363 e. The molecule has 0 radical (unpaired) electrons. The molecule has 3 aromatic carbocycles. The number of carbonyl (C=O) groups excluding carboxylic acids is 2. The Labute approximate surface area is 221 Å². The van der Waals surface area contributed by atoms with E-state index in [1.165, 1.54) is 6.92 Å². The van der Waals surface area contributed by atoms with Crippen molar-refractivity contribution in [3.05, 3.63) is 96.5 Å². The van der Waals surface area contributed by atoms with E-state index in [1.807, 2.05) is 36.4 Å². The molecule has 172 valence electrons. The molecule has 1 amide bonds. The molecule has 1 aliphatic rings. The molecule has 34 heavy (non-hydrogen) atoms. The van der Waals surface area contributed by atoms with Crippen LogP contribution in [0.25, 0.3) is 6.08 Å². The number of hydrogen-bond donors (Lipinski definition) is 1. The summed E-state index contributed by atoms with van der Waals surface area (Å²) in [5.74, 6) is 0.157. The predicted molar refractivity (Wildman–Crippen MR) is 142 cm³/mol. The molecule has 1 N–H and O–H groups in total. The fourth-order valence-corrected chi connectivity index (χ4v) is 5.07. The number of benzene rings is 3. The lowest BCUT2D eigenvalue weighted by atomic mass is 10.2. The summed E-state index contributed by atoms with van der Waals surface area (Å²) in [5, 5.41) is 2.69. The number of amides is 1. The predicted octanol–water partition coefficient (Wildman–Crippen LogP) is 6.86. The van der Waals surface area contributed by atoms with Gasteiger partial charge >= 0.3 is 5.97 Å². The molecule has 0 saturated carbocycles. The van der Waals surface area contributed by atoms with E-state index in [0.717, 1.165) is 24.5 Å². The van der Waals surface area contributed by atoms with Crippen molar-refractivity contribution in [1.82, 2.24) is 0 Å². The molecular weight excluding hydrogens is 632 g/mol. The summed E-state index contributed by atoms with van der Waals surface area (Å²) >= 11 is 10.6. The van der Waals surface area contributed by atoms with Crippen LogP contribution < -0.4 is 10.1 Å². The van der Waals surface area contributed by atoms with Crippen molar-refractivity contribution in [1.29, 1.82) is 0 Å². The Morgan fingerprint density at radius 3 is 2.41 bits per heavy atom. The number of carbonyl (C=O) groups is 2. The number of cyclic esters (lactones) is 1. The maximum absolute atomic E-state index is 12.4. The third-order valence-electron chi connectivity index (χ3n) is 4.67. The van der Waals surface area contributed by atoms with Gasteiger partial charge in [-0.15, -0.1) is 0 Å². The van der Waals surface area contributed by atoms with Gasteiger partial charge in [0.1, 0.15) is 12.4 Å². The molecule has 9 heteroatoms. The van der Waals surface area contributed by atoms with Crippen molar-refractivity contribution in [3.8, 4) is 5.75 Å². The second kappa shape index (κ2) is 10.7. The van der Waals surface area contributed by atoms with Gasteiger partial charge in [0.05, 0.1) is 8.95 Å². The van der Waals surface area contributed by atoms with E-state index in [4.69, 9.17) is 9.47 Å². The average Bonchev–Trinajstić information content (AvgIpc) is 3.13. The number of ether oxygens (including phenoxy) is 2. The van der Waals surface area contributed by atoms with Gasteiger partial charge in [0, 0.05) is 22.6 Å². The van der Waals surface area contributed by atoms with Crippen LogP contribution in [-0.2, 0) is 20.9 Å². The first-order valence-corrected chi connectivity index (χ1v) is 12.4. The minimum Gasteiger partial charge on any atom is -0.487 e. The highest BCUT2D eigenvalue weighted by Crippen LogP contribution is 2.36. The third kappa shape index (κ3) is 6.02. The Hall–Kier alpha value is -2.75. The average molecular weight is 649 g/mol. The number of rotatable bonds is 6. The van der Waals surface area contributed by atoms with Crippen LogP contribution in [-0.4, -0.2) is 17.8 Å². The first-order chi connectivity index (χ1) is 16.3. The topological polar surface area (TPSA) is 77.0 Å². The summed E-state index contributed by atoms with van der Waals surface area (Å²) in [6.07, 6.45) is 1.65. The van der Waals surface area contributed by atoms with E-state index in [9.17, 15) is 9.59 Å². The van der Waals surface area contributed by atoms with Gasteiger partial charge in [-0.05, 0) is 97.6 Å². The number of hydrogen-bond acceptors (Lipinski definition) is 5. The van der Waals surface area contributed by atoms with Crippen LogP contribution in [0.1, 0.15) is 23.6 Å². The van der Waals surface area contributed by atoms with Gasteiger partial charge in [-0.2, -0.15) is 0 Å². The van der Waals surface area contributed by atoms with E-state index < -0.39 is 5.97 Å². The highest BCUT2D eigenvalue weighted by Gasteiger charge is 2.24. The van der Waals surface area contributed by atoms with Gasteiger partial charge in [-0.1, -0.05) is 28.1 Å². The molecular formula is C25H17Br3N2O4. The van der Waals surface area contributed by atoms with E-state index in [1.54, 1.807) is 30.3 Å². The first kappa shape index (κ1) is 24.4. The highest BCUT2D eigenvalue weighted by molar-refractivity contribution is 9.11. The molecule has 0 aliphatic carbocycles. The van der Waals surface area contributed by atoms with Gasteiger partial charge in [0.15, 0.2) is 5.70 Å². The van der Waals surface area contributed by atoms with Crippen LogP contribution in [0.15, 0.2) is 84.8 Å². The minimum absolute atomic E-state index is 0.163. The van der Waals surface area contributed by atoms with Crippen LogP contribution in [0.2, 0.25) is 0 Å². The zero-order valence-electron chi connectivity index (χ0n) is 17.8. The number of nitrogens with one attached hydrogen (secondary N) is 1. The third-order valence-corrected chi connectivity index (χ3v) is 6.34. The maximum Gasteiger partial charge on any atom is 0.363 e. The lowest BCUT2D eigenvalue weighted by Crippen LogP contribution is -2.07. The molecule has 0 spiro atoms. The maximum atomic E-state index is 12.4. The molecule has 3 aromatic rings. The molecule has 0 fully saturated rings. The van der Waals surface area contributed by atoms with Gasteiger partial charge in [-0.25, -0.2) is 9.79 Å². The highest BCUT2D eigenvalue weighted by atomic mass is 79.9. The van der Waals surface area contributed by atoms with Crippen LogP contribution in [0.4, 0.5) is 5.69 Å². The van der Waals surface area contributed by atoms with E-state index in [-0.39, 0.29) is 17.5 Å². The van der Waals surface area contributed by atoms with Crippen LogP contribution in [0, 0.1) is 0 Å². The number of halogens is 3. The molecule has 0 aromatic heterocycles. The lowest BCUT2D eigenvalue weighted by Gasteiger charge is -2.12. The van der Waals surface area contributed by atoms with E-state index in [0.29, 0.717) is 23.6 Å². The first-order valence-electron chi connectivity index (χ1n) is 10.1. The summed E-state index contributed by atoms with van der Waals surface area (Å²) in [7, 11) is 0. The van der Waals surface area contributed by atoms with Gasteiger partial charge in [0.25, 0.3) is 0 Å². The largest absolute Gasteiger partial charge is 0.487 e. The number of aliphatic imine (C=N–C) groups is 1. The van der Waals surface area contributed by atoms with E-state index >= 15 is 0 Å².